The van der Waals surface area contributed by atoms with Gasteiger partial charge in [-0.15, -0.1) is 11.8 Å². The van der Waals surface area contributed by atoms with E-state index >= 15 is 0 Å². The number of benzene rings is 1. The highest BCUT2D eigenvalue weighted by atomic mass is 32.2. The molecule has 1 heterocycles. The van der Waals surface area contributed by atoms with Crippen molar-refractivity contribution in [3.8, 4) is 5.75 Å². The Morgan fingerprint density at radius 1 is 1.40 bits per heavy atom. The number of nitrogens with one attached hydrogen (secondary N) is 3. The summed E-state index contributed by atoms with van der Waals surface area (Å²) < 4.78 is 5.22. The molecule has 1 fully saturated rings. The summed E-state index contributed by atoms with van der Waals surface area (Å²) in [7, 11) is 1.53. The average Bonchev–Trinajstić information content (AvgIpc) is 2.92. The third-order valence-electron chi connectivity index (χ3n) is 2.81. The van der Waals surface area contributed by atoms with Gasteiger partial charge in [-0.05, 0) is 18.2 Å². The first-order valence-electron chi connectivity index (χ1n) is 6.18. The van der Waals surface area contributed by atoms with E-state index in [1.807, 2.05) is 0 Å². The van der Waals surface area contributed by atoms with E-state index in [0.29, 0.717) is 17.1 Å². The molecule has 2 rings (SSSR count). The van der Waals surface area contributed by atoms with Crippen LogP contribution in [-0.4, -0.2) is 36.6 Å². The molecule has 1 aromatic rings. The van der Waals surface area contributed by atoms with E-state index in [0.717, 1.165) is 11.6 Å². The minimum Gasteiger partial charge on any atom is -0.495 e. The molecule has 0 saturated carbocycles. The molecule has 0 spiro atoms. The lowest BCUT2D eigenvalue weighted by Gasteiger charge is -2.14. The number of hydrogen-bond acceptors (Lipinski definition) is 5. The van der Waals surface area contributed by atoms with Crippen molar-refractivity contribution in [1.29, 1.82) is 0 Å². The standard InChI is InChI=1S/C13H17N3O3S/c1-8(17)15-9-3-4-12(19-2)10(5-9)16-13(18)11-6-20-7-14-11/h3-5,11,14H,6-7H2,1-2H3,(H,15,17)(H,16,18). The molecule has 6 nitrogen and oxygen atoms in total. The first-order chi connectivity index (χ1) is 9.60. The molecule has 1 aliphatic heterocycles. The van der Waals surface area contributed by atoms with Crippen LogP contribution in [0.4, 0.5) is 11.4 Å². The minimum atomic E-state index is -0.200. The molecule has 0 aliphatic carbocycles. The molecular formula is C13H17N3O3S. The summed E-state index contributed by atoms with van der Waals surface area (Å²) in [5, 5.41) is 8.60. The van der Waals surface area contributed by atoms with Gasteiger partial charge < -0.3 is 15.4 Å². The smallest absolute Gasteiger partial charge is 0.242 e. The molecule has 0 radical (unpaired) electrons. The number of ether oxygens (including phenoxy) is 1. The Morgan fingerprint density at radius 3 is 2.80 bits per heavy atom. The Kier molecular flexibility index (Phi) is 4.86. The van der Waals surface area contributed by atoms with Gasteiger partial charge in [-0.25, -0.2) is 0 Å². The van der Waals surface area contributed by atoms with Crippen molar-refractivity contribution in [3.05, 3.63) is 18.2 Å². The van der Waals surface area contributed by atoms with Crippen LogP contribution in [0, 0.1) is 0 Å². The second kappa shape index (κ2) is 6.62. The zero-order chi connectivity index (χ0) is 14.5. The van der Waals surface area contributed by atoms with Gasteiger partial charge in [0, 0.05) is 24.2 Å². The maximum atomic E-state index is 12.1. The fourth-order valence-electron chi connectivity index (χ4n) is 1.87. The molecule has 1 aliphatic rings. The fourth-order valence-corrected chi connectivity index (χ4v) is 2.81. The number of hydrogen-bond donors (Lipinski definition) is 3. The SMILES string of the molecule is COc1ccc(NC(C)=O)cc1NC(=O)C1CSCN1. The van der Waals surface area contributed by atoms with Crippen molar-refractivity contribution in [2.45, 2.75) is 13.0 Å². The third-order valence-corrected chi connectivity index (χ3v) is 3.75. The van der Waals surface area contributed by atoms with Crippen molar-refractivity contribution in [2.24, 2.45) is 0 Å². The predicted octanol–water partition coefficient (Wildman–Crippen LogP) is 1.25. The topological polar surface area (TPSA) is 79.5 Å². The van der Waals surface area contributed by atoms with Crippen LogP contribution in [0.2, 0.25) is 0 Å². The van der Waals surface area contributed by atoms with Crippen molar-refractivity contribution in [1.82, 2.24) is 5.32 Å². The molecule has 1 unspecified atom stereocenters. The molecule has 3 N–H and O–H groups in total. The Labute approximate surface area is 121 Å². The van der Waals surface area contributed by atoms with E-state index in [1.54, 1.807) is 30.0 Å². The summed E-state index contributed by atoms with van der Waals surface area (Å²) in [6, 6.07) is 4.91. The lowest BCUT2D eigenvalue weighted by molar-refractivity contribution is -0.117. The minimum absolute atomic E-state index is 0.103. The predicted molar refractivity (Wildman–Crippen MR) is 80.2 cm³/mol. The van der Waals surface area contributed by atoms with Crippen LogP contribution in [0.25, 0.3) is 0 Å². The zero-order valence-corrected chi connectivity index (χ0v) is 12.2. The number of thioether (sulfide) groups is 1. The Morgan fingerprint density at radius 2 is 2.20 bits per heavy atom. The van der Waals surface area contributed by atoms with E-state index in [-0.39, 0.29) is 17.9 Å². The van der Waals surface area contributed by atoms with Crippen molar-refractivity contribution in [3.63, 3.8) is 0 Å². The van der Waals surface area contributed by atoms with Gasteiger partial charge in [0.15, 0.2) is 0 Å². The van der Waals surface area contributed by atoms with E-state index in [1.165, 1.54) is 14.0 Å². The van der Waals surface area contributed by atoms with Crippen molar-refractivity contribution < 1.29 is 14.3 Å². The quantitative estimate of drug-likeness (QED) is 0.779. The van der Waals surface area contributed by atoms with Gasteiger partial charge in [-0.3, -0.25) is 14.9 Å². The van der Waals surface area contributed by atoms with Gasteiger partial charge in [0.05, 0.1) is 18.8 Å². The molecule has 0 aromatic heterocycles. The maximum absolute atomic E-state index is 12.1. The van der Waals surface area contributed by atoms with Gasteiger partial charge in [0.25, 0.3) is 0 Å². The summed E-state index contributed by atoms with van der Waals surface area (Å²) >= 11 is 1.68. The molecule has 20 heavy (non-hydrogen) atoms. The maximum Gasteiger partial charge on any atom is 0.242 e. The normalized spacial score (nSPS) is 17.6. The molecular weight excluding hydrogens is 278 g/mol. The second-order valence-corrected chi connectivity index (χ2v) is 5.39. The molecule has 7 heteroatoms. The van der Waals surface area contributed by atoms with Crippen molar-refractivity contribution in [2.75, 3.05) is 29.4 Å². The van der Waals surface area contributed by atoms with Gasteiger partial charge in [-0.2, -0.15) is 0 Å². The van der Waals surface area contributed by atoms with E-state index in [2.05, 4.69) is 16.0 Å². The van der Waals surface area contributed by atoms with Crippen LogP contribution in [0.1, 0.15) is 6.92 Å². The molecule has 0 bridgehead atoms. The molecule has 1 saturated heterocycles. The number of rotatable bonds is 4. The highest BCUT2D eigenvalue weighted by Crippen LogP contribution is 2.28. The number of carbonyl (C=O) groups excluding carboxylic acids is 2. The van der Waals surface area contributed by atoms with Gasteiger partial charge >= 0.3 is 0 Å². The van der Waals surface area contributed by atoms with Crippen molar-refractivity contribution >= 4 is 35.0 Å². The Balaban J connectivity index is 2.14. The average molecular weight is 295 g/mol. The fraction of sp³-hybridized carbons (Fsp3) is 0.385. The largest absolute Gasteiger partial charge is 0.495 e. The molecule has 108 valence electrons. The van der Waals surface area contributed by atoms with E-state index in [4.69, 9.17) is 4.74 Å². The Bertz CT molecular complexity index is 516. The van der Waals surface area contributed by atoms with Crippen LogP contribution in [0.5, 0.6) is 5.75 Å². The third kappa shape index (κ3) is 3.64. The van der Waals surface area contributed by atoms with Crippen LogP contribution >= 0.6 is 11.8 Å². The lowest BCUT2D eigenvalue weighted by atomic mass is 10.2. The van der Waals surface area contributed by atoms with E-state index in [9.17, 15) is 9.59 Å². The molecule has 2 amide bonds. The van der Waals surface area contributed by atoms with Gasteiger partial charge in [0.1, 0.15) is 5.75 Å². The monoisotopic (exact) mass is 295 g/mol. The first kappa shape index (κ1) is 14.7. The summed E-state index contributed by atoms with van der Waals surface area (Å²) in [4.78, 5) is 23.2. The number of amides is 2. The summed E-state index contributed by atoms with van der Waals surface area (Å²) in [5.41, 5.74) is 1.16. The number of carbonyl (C=O) groups is 2. The number of anilines is 2. The van der Waals surface area contributed by atoms with E-state index < -0.39 is 0 Å². The molecule has 1 aromatic carbocycles. The lowest BCUT2D eigenvalue weighted by Crippen LogP contribution is -2.37. The van der Waals surface area contributed by atoms with Crippen LogP contribution in [-0.2, 0) is 9.59 Å². The van der Waals surface area contributed by atoms with Crippen LogP contribution < -0.4 is 20.7 Å². The summed E-state index contributed by atoms with van der Waals surface area (Å²) in [6.45, 7) is 1.43. The first-order valence-corrected chi connectivity index (χ1v) is 7.33. The van der Waals surface area contributed by atoms with Gasteiger partial charge in [-0.1, -0.05) is 0 Å². The summed E-state index contributed by atoms with van der Waals surface area (Å²) in [5.74, 6) is 1.81. The highest BCUT2D eigenvalue weighted by molar-refractivity contribution is 7.99. The van der Waals surface area contributed by atoms with Crippen LogP contribution in [0.3, 0.4) is 0 Å². The highest BCUT2D eigenvalue weighted by Gasteiger charge is 2.23. The van der Waals surface area contributed by atoms with Crippen LogP contribution in [0.15, 0.2) is 18.2 Å². The number of methoxy groups -OCH3 is 1. The van der Waals surface area contributed by atoms with Gasteiger partial charge in [0.2, 0.25) is 11.8 Å². The zero-order valence-electron chi connectivity index (χ0n) is 11.4. The molecule has 1 atom stereocenters. The summed E-state index contributed by atoms with van der Waals surface area (Å²) in [6.07, 6.45) is 0. The Hall–Kier alpha value is -1.73. The second-order valence-electron chi connectivity index (χ2n) is 4.36.